The first kappa shape index (κ1) is 13.1. The second-order valence-electron chi connectivity index (χ2n) is 3.07. The van der Waals surface area contributed by atoms with Crippen LogP contribution in [0.15, 0.2) is 11.1 Å². The van der Waals surface area contributed by atoms with Crippen LogP contribution in [0.1, 0.15) is 20.3 Å². The summed E-state index contributed by atoms with van der Waals surface area (Å²) in [6, 6.07) is 0. The van der Waals surface area contributed by atoms with Gasteiger partial charge < -0.3 is 10.2 Å². The van der Waals surface area contributed by atoms with Crippen LogP contribution in [-0.2, 0) is 0 Å². The molecular formula is C10H21BrN2. The lowest BCUT2D eigenvalue weighted by atomic mass is 10.3. The maximum Gasteiger partial charge on any atom is 0.0265 e. The zero-order chi connectivity index (χ0) is 10.1. The summed E-state index contributed by atoms with van der Waals surface area (Å²) in [7, 11) is 0. The third-order valence-electron chi connectivity index (χ3n) is 2.04. The Hall–Kier alpha value is 0.140. The monoisotopic (exact) mass is 248 g/mol. The van der Waals surface area contributed by atoms with E-state index in [1.807, 2.05) is 0 Å². The molecular weight excluding hydrogens is 228 g/mol. The number of hydrogen-bond acceptors (Lipinski definition) is 2. The smallest absolute Gasteiger partial charge is 0.0265 e. The molecule has 1 N–H and O–H groups in total. The van der Waals surface area contributed by atoms with Crippen molar-refractivity contribution in [3.05, 3.63) is 11.1 Å². The van der Waals surface area contributed by atoms with E-state index in [0.717, 1.165) is 30.7 Å². The first-order valence-corrected chi connectivity index (χ1v) is 5.76. The van der Waals surface area contributed by atoms with Crippen molar-refractivity contribution < 1.29 is 0 Å². The lowest BCUT2D eigenvalue weighted by molar-refractivity contribution is 0.298. The van der Waals surface area contributed by atoms with E-state index >= 15 is 0 Å². The Balaban J connectivity index is 3.19. The molecule has 0 saturated carbocycles. The molecule has 0 atom stereocenters. The largest absolute Gasteiger partial charge is 0.312 e. The maximum absolute atomic E-state index is 3.76. The molecule has 0 fully saturated rings. The molecule has 0 aliphatic carbocycles. The molecule has 0 unspecified atom stereocenters. The van der Waals surface area contributed by atoms with Crippen LogP contribution in [0, 0.1) is 0 Å². The number of nitrogens with one attached hydrogen (secondary N) is 1. The van der Waals surface area contributed by atoms with Crippen LogP contribution >= 0.6 is 15.9 Å². The summed E-state index contributed by atoms with van der Waals surface area (Å²) < 4.78 is 1.02. The molecule has 78 valence electrons. The van der Waals surface area contributed by atoms with Crippen LogP contribution in [0.25, 0.3) is 0 Å². The van der Waals surface area contributed by atoms with Crippen LogP contribution in [0.3, 0.4) is 0 Å². The highest BCUT2D eigenvalue weighted by molar-refractivity contribution is 9.11. The Bertz CT molecular complexity index is 133. The average molecular weight is 249 g/mol. The van der Waals surface area contributed by atoms with E-state index < -0.39 is 0 Å². The molecule has 2 nitrogen and oxygen atoms in total. The van der Waals surface area contributed by atoms with Crippen molar-refractivity contribution in [2.45, 2.75) is 20.3 Å². The van der Waals surface area contributed by atoms with E-state index in [0.29, 0.717) is 0 Å². The fourth-order valence-electron chi connectivity index (χ4n) is 1.19. The number of nitrogens with zero attached hydrogens (tertiary/aromatic N) is 1. The van der Waals surface area contributed by atoms with Gasteiger partial charge in [-0.05, 0) is 32.6 Å². The zero-order valence-electron chi connectivity index (χ0n) is 8.77. The maximum atomic E-state index is 3.76. The summed E-state index contributed by atoms with van der Waals surface area (Å²) in [5.74, 6) is 0. The molecule has 0 aromatic rings. The third-order valence-corrected chi connectivity index (χ3v) is 2.32. The number of hydrogen-bond donors (Lipinski definition) is 1. The van der Waals surface area contributed by atoms with Crippen molar-refractivity contribution >= 4 is 15.9 Å². The molecule has 0 amide bonds. The van der Waals surface area contributed by atoms with Gasteiger partial charge in [0, 0.05) is 11.0 Å². The van der Waals surface area contributed by atoms with Gasteiger partial charge in [0.2, 0.25) is 0 Å². The molecule has 0 heterocycles. The van der Waals surface area contributed by atoms with Gasteiger partial charge >= 0.3 is 0 Å². The van der Waals surface area contributed by atoms with Gasteiger partial charge in [0.05, 0.1) is 0 Å². The van der Waals surface area contributed by atoms with Crippen molar-refractivity contribution in [1.82, 2.24) is 10.2 Å². The molecule has 3 heteroatoms. The second kappa shape index (κ2) is 8.73. The summed E-state index contributed by atoms with van der Waals surface area (Å²) >= 11 is 3.32. The van der Waals surface area contributed by atoms with E-state index in [9.17, 15) is 0 Å². The Morgan fingerprint density at radius 1 is 1.38 bits per heavy atom. The number of halogens is 1. The average Bonchev–Trinajstić information content (AvgIpc) is 2.11. The van der Waals surface area contributed by atoms with E-state index in [2.05, 4.69) is 46.6 Å². The quantitative estimate of drug-likeness (QED) is 0.663. The summed E-state index contributed by atoms with van der Waals surface area (Å²) in [6.45, 7) is 13.6. The molecule has 0 bridgehead atoms. The van der Waals surface area contributed by atoms with Crippen molar-refractivity contribution in [1.29, 1.82) is 0 Å². The summed E-state index contributed by atoms with van der Waals surface area (Å²) in [5, 5.41) is 3.32. The van der Waals surface area contributed by atoms with Gasteiger partial charge in [0.25, 0.3) is 0 Å². The highest BCUT2D eigenvalue weighted by atomic mass is 79.9. The lowest BCUT2D eigenvalue weighted by Gasteiger charge is -2.17. The highest BCUT2D eigenvalue weighted by Crippen LogP contribution is 1.96. The standard InChI is InChI=1S/C10H21BrN2/c1-4-13(5-2)8-6-7-12-9-10(3)11/h12H,3-9H2,1-2H3. The first-order chi connectivity index (χ1) is 6.20. The van der Waals surface area contributed by atoms with Crippen molar-refractivity contribution in [3.63, 3.8) is 0 Å². The molecule has 0 aromatic heterocycles. The van der Waals surface area contributed by atoms with Gasteiger partial charge in [-0.2, -0.15) is 0 Å². The molecule has 0 radical (unpaired) electrons. The first-order valence-electron chi connectivity index (χ1n) is 4.97. The van der Waals surface area contributed by atoms with Crippen molar-refractivity contribution in [3.8, 4) is 0 Å². The molecule has 0 aliphatic rings. The molecule has 0 saturated heterocycles. The highest BCUT2D eigenvalue weighted by Gasteiger charge is 1.97. The van der Waals surface area contributed by atoms with Gasteiger partial charge in [0.15, 0.2) is 0 Å². The molecule has 0 aromatic carbocycles. The summed E-state index contributed by atoms with van der Waals surface area (Å²) in [5.41, 5.74) is 0. The Kier molecular flexibility index (Phi) is 8.82. The van der Waals surface area contributed by atoms with E-state index in [1.165, 1.54) is 13.0 Å². The Labute approximate surface area is 90.5 Å². The fourth-order valence-corrected chi connectivity index (χ4v) is 1.39. The molecule has 13 heavy (non-hydrogen) atoms. The summed E-state index contributed by atoms with van der Waals surface area (Å²) in [4.78, 5) is 2.44. The van der Waals surface area contributed by atoms with Crippen molar-refractivity contribution in [2.75, 3.05) is 32.7 Å². The number of rotatable bonds is 8. The van der Waals surface area contributed by atoms with Crippen LogP contribution in [-0.4, -0.2) is 37.6 Å². The molecule has 0 spiro atoms. The Morgan fingerprint density at radius 2 is 2.00 bits per heavy atom. The predicted molar refractivity (Wildman–Crippen MR) is 63.3 cm³/mol. The fraction of sp³-hybridized carbons (Fsp3) is 0.800. The van der Waals surface area contributed by atoms with E-state index in [1.54, 1.807) is 0 Å². The van der Waals surface area contributed by atoms with Gasteiger partial charge in [-0.25, -0.2) is 0 Å². The van der Waals surface area contributed by atoms with E-state index in [4.69, 9.17) is 0 Å². The minimum Gasteiger partial charge on any atom is -0.312 e. The normalized spacial score (nSPS) is 10.8. The van der Waals surface area contributed by atoms with E-state index in [-0.39, 0.29) is 0 Å². The minimum atomic E-state index is 0.873. The lowest BCUT2D eigenvalue weighted by Crippen LogP contribution is -2.27. The SMILES string of the molecule is C=C(Br)CNCCCN(CC)CC. The van der Waals surface area contributed by atoms with Crippen LogP contribution in [0.4, 0.5) is 0 Å². The molecule has 0 aliphatic heterocycles. The molecule has 0 rings (SSSR count). The van der Waals surface area contributed by atoms with Gasteiger partial charge in [-0.3, -0.25) is 0 Å². The Morgan fingerprint density at radius 3 is 2.46 bits per heavy atom. The second-order valence-corrected chi connectivity index (χ2v) is 4.20. The predicted octanol–water partition coefficient (Wildman–Crippen LogP) is 2.22. The van der Waals surface area contributed by atoms with Crippen molar-refractivity contribution in [2.24, 2.45) is 0 Å². The third kappa shape index (κ3) is 8.47. The van der Waals surface area contributed by atoms with Gasteiger partial charge in [0.1, 0.15) is 0 Å². The van der Waals surface area contributed by atoms with Crippen LogP contribution < -0.4 is 5.32 Å². The van der Waals surface area contributed by atoms with Gasteiger partial charge in [-0.1, -0.05) is 36.4 Å². The topological polar surface area (TPSA) is 15.3 Å². The zero-order valence-corrected chi connectivity index (χ0v) is 10.4. The van der Waals surface area contributed by atoms with Crippen LogP contribution in [0.2, 0.25) is 0 Å². The summed E-state index contributed by atoms with van der Waals surface area (Å²) in [6.07, 6.45) is 1.21. The minimum absolute atomic E-state index is 0.873. The van der Waals surface area contributed by atoms with Crippen LogP contribution in [0.5, 0.6) is 0 Å². The van der Waals surface area contributed by atoms with Gasteiger partial charge in [-0.15, -0.1) is 0 Å².